The van der Waals surface area contributed by atoms with Crippen LogP contribution >= 0.6 is 11.6 Å². The average molecular weight is 522 g/mol. The van der Waals surface area contributed by atoms with Crippen LogP contribution in [0.1, 0.15) is 27.6 Å². The minimum atomic E-state index is -0.616. The number of alkyl halides is 1. The van der Waals surface area contributed by atoms with Crippen LogP contribution in [0.3, 0.4) is 0 Å². The Hall–Kier alpha value is -3.85. The van der Waals surface area contributed by atoms with Crippen molar-refractivity contribution in [2.45, 2.75) is 13.0 Å². The second kappa shape index (κ2) is 10.3. The molecule has 2 saturated heterocycles. The highest BCUT2D eigenvalue weighted by Crippen LogP contribution is 2.31. The Morgan fingerprint density at radius 1 is 1.00 bits per heavy atom. The number of aromatic amines is 1. The van der Waals surface area contributed by atoms with Crippen molar-refractivity contribution >= 4 is 51.8 Å². The summed E-state index contributed by atoms with van der Waals surface area (Å²) in [6.07, 6.45) is 1.53. The van der Waals surface area contributed by atoms with Crippen molar-refractivity contribution < 1.29 is 19.2 Å². The second-order valence-corrected chi connectivity index (χ2v) is 9.68. The number of para-hydroxylation sites is 1. The molecule has 1 atom stereocenters. The zero-order valence-corrected chi connectivity index (χ0v) is 21.3. The number of amides is 4. The largest absolute Gasteiger partial charge is 0.359 e. The summed E-state index contributed by atoms with van der Waals surface area (Å²) in [6.45, 7) is 4.37. The van der Waals surface area contributed by atoms with Gasteiger partial charge in [0.2, 0.25) is 0 Å². The number of nitrogens with one attached hydrogen (secondary N) is 1. The zero-order valence-electron chi connectivity index (χ0n) is 20.5. The second-order valence-electron chi connectivity index (χ2n) is 9.31. The van der Waals surface area contributed by atoms with Gasteiger partial charge in [0.25, 0.3) is 17.6 Å². The molecule has 2 aromatic carbocycles. The molecular formula is C27H28ClN5O4. The lowest BCUT2D eigenvalue weighted by molar-refractivity contribution is -0.130. The predicted octanol–water partition coefficient (Wildman–Crippen LogP) is 3.20. The molecule has 1 unspecified atom stereocenters. The first-order chi connectivity index (χ1) is 17.9. The lowest BCUT2D eigenvalue weighted by atomic mass is 10.1. The summed E-state index contributed by atoms with van der Waals surface area (Å²) in [7, 11) is 0. The van der Waals surface area contributed by atoms with Gasteiger partial charge in [-0.25, -0.2) is 4.79 Å². The maximum absolute atomic E-state index is 13.3. The molecule has 5 rings (SSSR count). The van der Waals surface area contributed by atoms with Crippen LogP contribution in [0.4, 0.5) is 10.5 Å². The number of aromatic nitrogens is 1. The molecule has 0 aliphatic carbocycles. The molecule has 2 aliphatic heterocycles. The minimum absolute atomic E-state index is 0.0869. The molecular weight excluding hydrogens is 494 g/mol. The van der Waals surface area contributed by atoms with Crippen LogP contribution in [0.15, 0.2) is 54.7 Å². The fraction of sp³-hybridized carbons (Fsp3) is 0.333. The van der Waals surface area contributed by atoms with Crippen LogP contribution in [0.2, 0.25) is 0 Å². The molecule has 1 aromatic heterocycles. The van der Waals surface area contributed by atoms with Crippen molar-refractivity contribution in [2.24, 2.45) is 0 Å². The van der Waals surface area contributed by atoms with Gasteiger partial charge in [-0.15, -0.1) is 11.6 Å². The van der Waals surface area contributed by atoms with E-state index in [1.54, 1.807) is 39.0 Å². The smallest absolute Gasteiger partial charge is 0.324 e. The summed E-state index contributed by atoms with van der Waals surface area (Å²) >= 11 is 5.82. The zero-order chi connectivity index (χ0) is 26.1. The number of urea groups is 1. The van der Waals surface area contributed by atoms with Crippen LogP contribution in [-0.2, 0) is 4.79 Å². The van der Waals surface area contributed by atoms with Crippen molar-refractivity contribution in [2.75, 3.05) is 50.0 Å². The van der Waals surface area contributed by atoms with E-state index in [1.165, 1.54) is 11.1 Å². The number of carbonyl (C=O) groups excluding carboxylic acids is 4. The summed E-state index contributed by atoms with van der Waals surface area (Å²) in [5, 5.41) is 0.588. The standard InChI is InChI=1S/C27H28ClN5O4/c1-18-17-31(25(35)19-6-3-2-4-7-19)13-14-32(18)26(36)24(34)21-16-29-23-20(21)8-5-9-22(23)33-15-12-30(11-10-28)27(33)37/h2-9,16,18,29H,10-15,17H2,1H3. The Labute approximate surface area is 219 Å². The van der Waals surface area contributed by atoms with Crippen LogP contribution in [0, 0.1) is 0 Å². The van der Waals surface area contributed by atoms with Gasteiger partial charge in [-0.3, -0.25) is 19.3 Å². The summed E-state index contributed by atoms with van der Waals surface area (Å²) in [5.74, 6) is -0.943. The van der Waals surface area contributed by atoms with E-state index >= 15 is 0 Å². The summed E-state index contributed by atoms with van der Waals surface area (Å²) < 4.78 is 0. The fourth-order valence-corrected chi connectivity index (χ4v) is 5.32. The summed E-state index contributed by atoms with van der Waals surface area (Å²) in [4.78, 5) is 62.0. The van der Waals surface area contributed by atoms with Gasteiger partial charge in [-0.05, 0) is 25.1 Å². The quantitative estimate of drug-likeness (QED) is 0.306. The molecule has 1 N–H and O–H groups in total. The number of anilines is 1. The Morgan fingerprint density at radius 2 is 1.78 bits per heavy atom. The van der Waals surface area contributed by atoms with Gasteiger partial charge in [0.15, 0.2) is 0 Å². The number of piperazine rings is 1. The SMILES string of the molecule is CC1CN(C(=O)c2ccccc2)CCN1C(=O)C(=O)c1c[nH]c2c(N3CCN(CCCl)C3=O)cccc12. The van der Waals surface area contributed by atoms with E-state index < -0.39 is 11.7 Å². The van der Waals surface area contributed by atoms with Crippen LogP contribution in [-0.4, -0.2) is 94.5 Å². The first-order valence-corrected chi connectivity index (χ1v) is 12.9. The van der Waals surface area contributed by atoms with Gasteiger partial charge in [-0.2, -0.15) is 0 Å². The molecule has 37 heavy (non-hydrogen) atoms. The number of hydrogen-bond donors (Lipinski definition) is 1. The number of ketones is 1. The maximum Gasteiger partial charge on any atom is 0.324 e. The molecule has 9 nitrogen and oxygen atoms in total. The fourth-order valence-electron chi connectivity index (χ4n) is 5.12. The molecule has 3 heterocycles. The number of fused-ring (bicyclic) bond motifs is 1. The van der Waals surface area contributed by atoms with Crippen LogP contribution in [0.25, 0.3) is 10.9 Å². The lowest BCUT2D eigenvalue weighted by Crippen LogP contribution is -2.56. The minimum Gasteiger partial charge on any atom is -0.359 e. The predicted molar refractivity (Wildman–Crippen MR) is 141 cm³/mol. The number of hydrogen-bond acceptors (Lipinski definition) is 4. The highest BCUT2D eigenvalue weighted by atomic mass is 35.5. The Kier molecular flexibility index (Phi) is 6.88. The topological polar surface area (TPSA) is 97.0 Å². The molecule has 192 valence electrons. The van der Waals surface area contributed by atoms with Crippen LogP contribution < -0.4 is 4.90 Å². The first-order valence-electron chi connectivity index (χ1n) is 12.3. The van der Waals surface area contributed by atoms with Gasteiger partial charge >= 0.3 is 6.03 Å². The van der Waals surface area contributed by atoms with Gasteiger partial charge in [0.1, 0.15) is 0 Å². The van der Waals surface area contributed by atoms with Gasteiger partial charge in [0.05, 0.1) is 16.8 Å². The van der Waals surface area contributed by atoms with E-state index in [2.05, 4.69) is 4.98 Å². The van der Waals surface area contributed by atoms with Crippen molar-refractivity contribution in [1.82, 2.24) is 19.7 Å². The molecule has 0 bridgehead atoms. The number of halogens is 1. The van der Waals surface area contributed by atoms with E-state index in [0.717, 1.165) is 0 Å². The van der Waals surface area contributed by atoms with Gasteiger partial charge in [0, 0.05) is 68.3 Å². The Balaban J connectivity index is 1.32. The van der Waals surface area contributed by atoms with E-state index in [0.29, 0.717) is 60.8 Å². The monoisotopic (exact) mass is 521 g/mol. The van der Waals surface area contributed by atoms with Crippen molar-refractivity contribution in [3.8, 4) is 0 Å². The highest BCUT2D eigenvalue weighted by molar-refractivity contribution is 6.45. The molecule has 10 heteroatoms. The van der Waals surface area contributed by atoms with Crippen molar-refractivity contribution in [3.63, 3.8) is 0 Å². The maximum atomic E-state index is 13.3. The number of H-pyrrole nitrogens is 1. The summed E-state index contributed by atoms with van der Waals surface area (Å²) in [6, 6.07) is 13.9. The van der Waals surface area contributed by atoms with Crippen molar-refractivity contribution in [1.29, 1.82) is 0 Å². The van der Waals surface area contributed by atoms with Crippen LogP contribution in [0.5, 0.6) is 0 Å². The van der Waals surface area contributed by atoms with E-state index in [-0.39, 0.29) is 30.1 Å². The number of benzene rings is 2. The average Bonchev–Trinajstić information content (AvgIpc) is 3.52. The Morgan fingerprint density at radius 3 is 2.51 bits per heavy atom. The van der Waals surface area contributed by atoms with E-state index in [9.17, 15) is 19.2 Å². The third-order valence-electron chi connectivity index (χ3n) is 7.07. The lowest BCUT2D eigenvalue weighted by Gasteiger charge is -2.39. The molecule has 3 aromatic rings. The number of carbonyl (C=O) groups is 4. The molecule has 2 aliphatic rings. The van der Waals surface area contributed by atoms with Gasteiger partial charge < -0.3 is 19.7 Å². The number of nitrogens with zero attached hydrogens (tertiary/aromatic N) is 4. The summed E-state index contributed by atoms with van der Waals surface area (Å²) in [5.41, 5.74) is 2.15. The molecule has 2 fully saturated rings. The first kappa shape index (κ1) is 24.8. The number of rotatable bonds is 6. The van der Waals surface area contributed by atoms with E-state index in [4.69, 9.17) is 11.6 Å². The molecule has 0 saturated carbocycles. The van der Waals surface area contributed by atoms with Crippen molar-refractivity contribution in [3.05, 3.63) is 65.9 Å². The third-order valence-corrected chi connectivity index (χ3v) is 7.24. The molecule has 0 radical (unpaired) electrons. The molecule has 4 amide bonds. The van der Waals surface area contributed by atoms with E-state index in [1.807, 2.05) is 31.2 Å². The molecule has 0 spiro atoms. The Bertz CT molecular complexity index is 1360. The third kappa shape index (κ3) is 4.55. The number of Topliss-reactive ketones (excluding diaryl/α,β-unsaturated/α-hetero) is 1. The normalized spacial score (nSPS) is 18.1. The van der Waals surface area contributed by atoms with Gasteiger partial charge in [-0.1, -0.05) is 30.3 Å². The highest BCUT2D eigenvalue weighted by Gasteiger charge is 2.35.